The number of hydrogen-bond acceptors (Lipinski definition) is 4. The third kappa shape index (κ3) is 5.30. The predicted octanol–water partition coefficient (Wildman–Crippen LogP) is 1.20. The van der Waals surface area contributed by atoms with Gasteiger partial charge >= 0.3 is 0 Å². The summed E-state index contributed by atoms with van der Waals surface area (Å²) >= 11 is 0. The smallest absolute Gasteiger partial charge is 0.236 e. The van der Waals surface area contributed by atoms with Gasteiger partial charge < -0.3 is 10.0 Å². The lowest BCUT2D eigenvalue weighted by atomic mass is 10.1. The maximum Gasteiger partial charge on any atom is 0.236 e. The molecule has 0 spiro atoms. The molecule has 1 fully saturated rings. The van der Waals surface area contributed by atoms with Crippen LogP contribution in [0.4, 0.5) is 0 Å². The van der Waals surface area contributed by atoms with Gasteiger partial charge in [0.1, 0.15) is 0 Å². The summed E-state index contributed by atoms with van der Waals surface area (Å²) in [7, 11) is 1.86. The van der Waals surface area contributed by atoms with E-state index in [1.165, 1.54) is 0 Å². The molecular weight excluding hydrogens is 290 g/mol. The Morgan fingerprint density at radius 2 is 1.70 bits per heavy atom. The second kappa shape index (κ2) is 8.43. The molecule has 0 aromatic heterocycles. The maximum absolute atomic E-state index is 12.1. The normalized spacial score (nSPS) is 18.1. The lowest BCUT2D eigenvalue weighted by Gasteiger charge is -2.36. The van der Waals surface area contributed by atoms with Crippen molar-refractivity contribution in [2.24, 2.45) is 0 Å². The fourth-order valence-corrected chi connectivity index (χ4v) is 2.75. The molecule has 0 bridgehead atoms. The van der Waals surface area contributed by atoms with E-state index in [1.807, 2.05) is 51.2 Å². The third-order valence-corrected chi connectivity index (χ3v) is 4.61. The third-order valence-electron chi connectivity index (χ3n) is 4.61. The second-order valence-electron chi connectivity index (χ2n) is 6.60. The molecule has 1 aliphatic heterocycles. The standard InChI is InChI=1S/C18H29N3O2/c1-15(2)19(3)18(23)14-21-11-9-20(10-12-21)13-17(22)16-7-5-4-6-8-16/h4-8,15,17,22H,9-14H2,1-3H3. The summed E-state index contributed by atoms with van der Waals surface area (Å²) in [4.78, 5) is 18.4. The number of β-amino-alcohol motifs (C(OH)–C–C–N with tert-alkyl or cyclic N) is 1. The van der Waals surface area contributed by atoms with Gasteiger partial charge in [0.2, 0.25) is 5.91 Å². The highest BCUT2D eigenvalue weighted by Gasteiger charge is 2.22. The van der Waals surface area contributed by atoms with E-state index in [1.54, 1.807) is 4.90 Å². The predicted molar refractivity (Wildman–Crippen MR) is 92.2 cm³/mol. The minimum atomic E-state index is -0.448. The van der Waals surface area contributed by atoms with Crippen molar-refractivity contribution >= 4 is 5.91 Å². The van der Waals surface area contributed by atoms with Gasteiger partial charge in [-0.05, 0) is 19.4 Å². The Morgan fingerprint density at radius 1 is 1.13 bits per heavy atom. The topological polar surface area (TPSA) is 47.0 Å². The maximum atomic E-state index is 12.1. The monoisotopic (exact) mass is 319 g/mol. The summed E-state index contributed by atoms with van der Waals surface area (Å²) in [5, 5.41) is 10.3. The molecule has 1 unspecified atom stereocenters. The molecule has 1 amide bonds. The highest BCUT2D eigenvalue weighted by Crippen LogP contribution is 2.15. The lowest BCUT2D eigenvalue weighted by molar-refractivity contribution is -0.133. The van der Waals surface area contributed by atoms with Crippen LogP contribution in [0.15, 0.2) is 30.3 Å². The number of piperazine rings is 1. The van der Waals surface area contributed by atoms with Gasteiger partial charge in [-0.15, -0.1) is 0 Å². The number of rotatable bonds is 6. The van der Waals surface area contributed by atoms with Crippen LogP contribution >= 0.6 is 0 Å². The molecule has 1 saturated heterocycles. The number of aliphatic hydroxyl groups is 1. The molecule has 1 atom stereocenters. The van der Waals surface area contributed by atoms with Crippen LogP contribution in [0.25, 0.3) is 0 Å². The van der Waals surface area contributed by atoms with Crippen LogP contribution in [0.5, 0.6) is 0 Å². The zero-order chi connectivity index (χ0) is 16.8. The Balaban J connectivity index is 1.75. The Labute approximate surface area is 139 Å². The molecule has 1 aromatic carbocycles. The number of benzene rings is 1. The Kier molecular flexibility index (Phi) is 6.57. The lowest BCUT2D eigenvalue weighted by Crippen LogP contribution is -2.51. The summed E-state index contributed by atoms with van der Waals surface area (Å²) in [5.74, 6) is 0.178. The van der Waals surface area contributed by atoms with Gasteiger partial charge in [0.25, 0.3) is 0 Å². The summed E-state index contributed by atoms with van der Waals surface area (Å²) in [6.07, 6.45) is -0.448. The molecular formula is C18H29N3O2. The van der Waals surface area contributed by atoms with Gasteiger partial charge in [-0.2, -0.15) is 0 Å². The minimum Gasteiger partial charge on any atom is -0.387 e. The van der Waals surface area contributed by atoms with E-state index in [0.717, 1.165) is 31.7 Å². The van der Waals surface area contributed by atoms with Crippen molar-refractivity contribution < 1.29 is 9.90 Å². The molecule has 0 aliphatic carbocycles. The average Bonchev–Trinajstić information content (AvgIpc) is 2.56. The molecule has 5 heteroatoms. The quantitative estimate of drug-likeness (QED) is 0.856. The molecule has 2 rings (SSSR count). The van der Waals surface area contributed by atoms with E-state index in [2.05, 4.69) is 9.80 Å². The van der Waals surface area contributed by atoms with Crippen molar-refractivity contribution in [1.82, 2.24) is 14.7 Å². The van der Waals surface area contributed by atoms with E-state index in [9.17, 15) is 9.90 Å². The summed E-state index contributed by atoms with van der Waals surface area (Å²) < 4.78 is 0. The van der Waals surface area contributed by atoms with Crippen molar-refractivity contribution in [2.75, 3.05) is 46.3 Å². The Bertz CT molecular complexity index is 484. The van der Waals surface area contributed by atoms with Gasteiger partial charge in [0.05, 0.1) is 12.6 Å². The van der Waals surface area contributed by atoms with Gasteiger partial charge in [-0.25, -0.2) is 0 Å². The first kappa shape index (κ1) is 17.9. The molecule has 5 nitrogen and oxygen atoms in total. The van der Waals surface area contributed by atoms with E-state index in [-0.39, 0.29) is 11.9 Å². The number of aliphatic hydroxyl groups excluding tert-OH is 1. The van der Waals surface area contributed by atoms with Gasteiger partial charge in [0, 0.05) is 45.8 Å². The molecule has 1 heterocycles. The van der Waals surface area contributed by atoms with Gasteiger partial charge in [0.15, 0.2) is 0 Å². The van der Waals surface area contributed by atoms with Crippen molar-refractivity contribution in [3.8, 4) is 0 Å². The second-order valence-corrected chi connectivity index (χ2v) is 6.60. The summed E-state index contributed by atoms with van der Waals surface area (Å²) in [5.41, 5.74) is 0.962. The molecule has 1 N–H and O–H groups in total. The molecule has 0 saturated carbocycles. The fraction of sp³-hybridized carbons (Fsp3) is 0.611. The number of hydrogen-bond donors (Lipinski definition) is 1. The van der Waals surface area contributed by atoms with Crippen molar-refractivity contribution in [3.63, 3.8) is 0 Å². The zero-order valence-corrected chi connectivity index (χ0v) is 14.5. The summed E-state index contributed by atoms with van der Waals surface area (Å²) in [6.45, 7) is 8.73. The number of carbonyl (C=O) groups excluding carboxylic acids is 1. The number of amides is 1. The molecule has 1 aromatic rings. The first-order valence-corrected chi connectivity index (χ1v) is 8.40. The van der Waals surface area contributed by atoms with E-state index < -0.39 is 6.10 Å². The molecule has 1 aliphatic rings. The minimum absolute atomic E-state index is 0.178. The van der Waals surface area contributed by atoms with Crippen molar-refractivity contribution in [1.29, 1.82) is 0 Å². The summed E-state index contributed by atoms with van der Waals surface area (Å²) in [6, 6.07) is 10.0. The highest BCUT2D eigenvalue weighted by atomic mass is 16.3. The number of likely N-dealkylation sites (N-methyl/N-ethyl adjacent to an activating group) is 1. The SMILES string of the molecule is CC(C)N(C)C(=O)CN1CCN(CC(O)c2ccccc2)CC1. The number of carbonyl (C=O) groups is 1. The van der Waals surface area contributed by atoms with E-state index in [0.29, 0.717) is 13.1 Å². The van der Waals surface area contributed by atoms with Crippen molar-refractivity contribution in [2.45, 2.75) is 26.0 Å². The van der Waals surface area contributed by atoms with Crippen LogP contribution in [0, 0.1) is 0 Å². The Morgan fingerprint density at radius 3 is 2.26 bits per heavy atom. The fourth-order valence-electron chi connectivity index (χ4n) is 2.75. The van der Waals surface area contributed by atoms with Crippen LogP contribution < -0.4 is 0 Å². The molecule has 0 radical (unpaired) electrons. The molecule has 128 valence electrons. The van der Waals surface area contributed by atoms with Crippen LogP contribution in [0.1, 0.15) is 25.5 Å². The highest BCUT2D eigenvalue weighted by molar-refractivity contribution is 5.78. The van der Waals surface area contributed by atoms with Crippen LogP contribution in [-0.4, -0.2) is 78.1 Å². The van der Waals surface area contributed by atoms with Crippen LogP contribution in [0.3, 0.4) is 0 Å². The Hall–Kier alpha value is -1.43. The largest absolute Gasteiger partial charge is 0.387 e. The van der Waals surface area contributed by atoms with E-state index >= 15 is 0 Å². The van der Waals surface area contributed by atoms with Crippen molar-refractivity contribution in [3.05, 3.63) is 35.9 Å². The van der Waals surface area contributed by atoms with Gasteiger partial charge in [-0.1, -0.05) is 30.3 Å². The van der Waals surface area contributed by atoms with Crippen LogP contribution in [-0.2, 0) is 4.79 Å². The zero-order valence-electron chi connectivity index (χ0n) is 14.5. The van der Waals surface area contributed by atoms with Crippen LogP contribution in [0.2, 0.25) is 0 Å². The number of nitrogens with zero attached hydrogens (tertiary/aromatic N) is 3. The first-order chi connectivity index (χ1) is 11.0. The average molecular weight is 319 g/mol. The van der Waals surface area contributed by atoms with E-state index in [4.69, 9.17) is 0 Å². The first-order valence-electron chi connectivity index (χ1n) is 8.40. The van der Waals surface area contributed by atoms with Gasteiger partial charge in [-0.3, -0.25) is 14.6 Å². The molecule has 23 heavy (non-hydrogen) atoms.